The van der Waals surface area contributed by atoms with Crippen LogP contribution in [0.4, 0.5) is 5.69 Å². The molecule has 0 radical (unpaired) electrons. The summed E-state index contributed by atoms with van der Waals surface area (Å²) in [5, 5.41) is 0. The summed E-state index contributed by atoms with van der Waals surface area (Å²) in [5.74, 6) is 0.519. The molecule has 4 heteroatoms. The van der Waals surface area contributed by atoms with Gasteiger partial charge in [0.15, 0.2) is 0 Å². The van der Waals surface area contributed by atoms with Crippen molar-refractivity contribution in [2.45, 2.75) is 12.4 Å². The Hall–Kier alpha value is -0.510. The Labute approximate surface area is 135 Å². The molecular formula is C15H14Br2ClN. The van der Waals surface area contributed by atoms with Crippen LogP contribution in [0.25, 0.3) is 0 Å². The highest BCUT2D eigenvalue weighted by molar-refractivity contribution is 9.10. The third kappa shape index (κ3) is 3.98. The monoisotopic (exact) mass is 401 g/mol. The molecule has 0 saturated heterocycles. The first-order chi connectivity index (χ1) is 9.10. The molecule has 0 bridgehead atoms. The molecule has 2 rings (SSSR count). The smallest absolute Gasteiger partial charge is 0.0494 e. The van der Waals surface area contributed by atoms with Crippen molar-refractivity contribution in [2.75, 3.05) is 11.9 Å². The molecule has 100 valence electrons. The topological polar surface area (TPSA) is 3.24 Å². The van der Waals surface area contributed by atoms with E-state index in [2.05, 4.69) is 74.1 Å². The third-order valence-electron chi connectivity index (χ3n) is 2.91. The highest BCUT2D eigenvalue weighted by Gasteiger charge is 2.08. The van der Waals surface area contributed by atoms with Crippen LogP contribution in [0.2, 0.25) is 0 Å². The van der Waals surface area contributed by atoms with Crippen molar-refractivity contribution in [1.29, 1.82) is 0 Å². The first kappa shape index (κ1) is 14.9. The van der Waals surface area contributed by atoms with Crippen LogP contribution >= 0.6 is 43.5 Å². The molecule has 0 heterocycles. The van der Waals surface area contributed by atoms with E-state index in [1.165, 1.54) is 5.56 Å². The van der Waals surface area contributed by atoms with Crippen LogP contribution in [0.3, 0.4) is 0 Å². The maximum absolute atomic E-state index is 6.01. The number of hydrogen-bond acceptors (Lipinski definition) is 1. The minimum absolute atomic E-state index is 0.519. The van der Waals surface area contributed by atoms with Crippen LogP contribution in [-0.4, -0.2) is 7.05 Å². The van der Waals surface area contributed by atoms with Crippen LogP contribution in [0, 0.1) is 0 Å². The second kappa shape index (κ2) is 6.78. The first-order valence-electron chi connectivity index (χ1n) is 5.90. The summed E-state index contributed by atoms with van der Waals surface area (Å²) in [5.41, 5.74) is 3.56. The van der Waals surface area contributed by atoms with Crippen molar-refractivity contribution in [2.24, 2.45) is 0 Å². The van der Waals surface area contributed by atoms with Crippen molar-refractivity contribution >= 4 is 49.1 Å². The van der Waals surface area contributed by atoms with E-state index >= 15 is 0 Å². The molecule has 0 fully saturated rings. The van der Waals surface area contributed by atoms with Gasteiger partial charge in [0.25, 0.3) is 0 Å². The molecule has 2 aromatic rings. The molecule has 1 nitrogen and oxygen atoms in total. The van der Waals surface area contributed by atoms with Crippen molar-refractivity contribution < 1.29 is 0 Å². The van der Waals surface area contributed by atoms with Gasteiger partial charge in [0.2, 0.25) is 0 Å². The van der Waals surface area contributed by atoms with Crippen LogP contribution in [0.5, 0.6) is 0 Å². The third-order valence-corrected chi connectivity index (χ3v) is 4.19. The van der Waals surface area contributed by atoms with E-state index in [1.54, 1.807) is 0 Å². The molecule has 0 N–H and O–H groups in total. The Morgan fingerprint density at radius 1 is 1.05 bits per heavy atom. The number of nitrogens with zero attached hydrogens (tertiary/aromatic N) is 1. The minimum atomic E-state index is 0.519. The van der Waals surface area contributed by atoms with E-state index in [0.29, 0.717) is 5.88 Å². The van der Waals surface area contributed by atoms with Crippen molar-refractivity contribution in [3.8, 4) is 0 Å². The van der Waals surface area contributed by atoms with Gasteiger partial charge in [0, 0.05) is 34.1 Å². The number of alkyl halides is 1. The zero-order chi connectivity index (χ0) is 13.8. The Morgan fingerprint density at radius 3 is 2.47 bits per heavy atom. The fourth-order valence-corrected chi connectivity index (χ4v) is 3.02. The molecule has 0 unspecified atom stereocenters. The van der Waals surface area contributed by atoms with E-state index < -0.39 is 0 Å². The van der Waals surface area contributed by atoms with Crippen LogP contribution in [0.15, 0.2) is 51.4 Å². The number of benzene rings is 2. The van der Waals surface area contributed by atoms with E-state index in [0.717, 1.165) is 26.7 Å². The lowest BCUT2D eigenvalue weighted by molar-refractivity contribution is 0.914. The van der Waals surface area contributed by atoms with Gasteiger partial charge < -0.3 is 4.90 Å². The quantitative estimate of drug-likeness (QED) is 0.602. The van der Waals surface area contributed by atoms with Crippen molar-refractivity contribution in [1.82, 2.24) is 0 Å². The highest BCUT2D eigenvalue weighted by Crippen LogP contribution is 2.27. The van der Waals surface area contributed by atoms with Crippen LogP contribution < -0.4 is 4.90 Å². The molecule has 0 aromatic heterocycles. The number of halogens is 3. The molecule has 0 aliphatic heterocycles. The number of rotatable bonds is 4. The molecule has 0 aliphatic carbocycles. The van der Waals surface area contributed by atoms with Gasteiger partial charge in [-0.25, -0.2) is 0 Å². The predicted molar refractivity (Wildman–Crippen MR) is 89.9 cm³/mol. The molecule has 0 atom stereocenters. The summed E-state index contributed by atoms with van der Waals surface area (Å²) < 4.78 is 2.17. The minimum Gasteiger partial charge on any atom is -0.370 e. The largest absolute Gasteiger partial charge is 0.370 e. The summed E-state index contributed by atoms with van der Waals surface area (Å²) in [6, 6.07) is 14.5. The molecule has 2 aromatic carbocycles. The number of anilines is 1. The lowest BCUT2D eigenvalue weighted by Gasteiger charge is -2.22. The maximum Gasteiger partial charge on any atom is 0.0494 e. The normalized spacial score (nSPS) is 10.5. The standard InChI is InChI=1S/C15H14Br2ClN/c1-19(10-11-3-2-4-13(16)7-11)15-8-14(17)6-5-12(15)9-18/h2-8H,9-10H2,1H3. The number of hydrogen-bond donors (Lipinski definition) is 0. The van der Waals surface area contributed by atoms with Gasteiger partial charge in [-0.15, -0.1) is 11.6 Å². The summed E-state index contributed by atoms with van der Waals surface area (Å²) in [4.78, 5) is 2.21. The highest BCUT2D eigenvalue weighted by atomic mass is 79.9. The first-order valence-corrected chi connectivity index (χ1v) is 8.02. The maximum atomic E-state index is 6.01. The van der Waals surface area contributed by atoms with Gasteiger partial charge in [-0.3, -0.25) is 0 Å². The average Bonchev–Trinajstić information content (AvgIpc) is 2.38. The molecule has 0 spiro atoms. The van der Waals surface area contributed by atoms with Crippen LogP contribution in [0.1, 0.15) is 11.1 Å². The van der Waals surface area contributed by atoms with Crippen molar-refractivity contribution in [3.63, 3.8) is 0 Å². The van der Waals surface area contributed by atoms with Gasteiger partial charge in [-0.05, 0) is 35.4 Å². The fraction of sp³-hybridized carbons (Fsp3) is 0.200. The molecule has 0 saturated carbocycles. The zero-order valence-electron chi connectivity index (χ0n) is 10.5. The van der Waals surface area contributed by atoms with E-state index in [-0.39, 0.29) is 0 Å². The Balaban J connectivity index is 2.24. The van der Waals surface area contributed by atoms with Gasteiger partial charge in [-0.2, -0.15) is 0 Å². The summed E-state index contributed by atoms with van der Waals surface area (Å²) in [6.45, 7) is 0.847. The van der Waals surface area contributed by atoms with Gasteiger partial charge in [0.05, 0.1) is 0 Å². The van der Waals surface area contributed by atoms with Gasteiger partial charge in [-0.1, -0.05) is 50.1 Å². The fourth-order valence-electron chi connectivity index (χ4n) is 2.00. The second-order valence-corrected chi connectivity index (χ2v) is 6.49. The Morgan fingerprint density at radius 2 is 1.79 bits per heavy atom. The van der Waals surface area contributed by atoms with Gasteiger partial charge in [0.1, 0.15) is 0 Å². The zero-order valence-corrected chi connectivity index (χ0v) is 14.5. The predicted octanol–water partition coefficient (Wildman–Crippen LogP) is 5.59. The van der Waals surface area contributed by atoms with Crippen molar-refractivity contribution in [3.05, 3.63) is 62.5 Å². The second-order valence-electron chi connectivity index (χ2n) is 4.39. The molecular weight excluding hydrogens is 389 g/mol. The summed E-state index contributed by atoms with van der Waals surface area (Å²) >= 11 is 13.0. The molecule has 0 amide bonds. The lowest BCUT2D eigenvalue weighted by Crippen LogP contribution is -2.17. The molecule has 0 aliphatic rings. The summed E-state index contributed by atoms with van der Waals surface area (Å²) in [6.07, 6.45) is 0. The molecule has 19 heavy (non-hydrogen) atoms. The van der Waals surface area contributed by atoms with Gasteiger partial charge >= 0.3 is 0 Å². The lowest BCUT2D eigenvalue weighted by atomic mass is 10.1. The van der Waals surface area contributed by atoms with E-state index in [4.69, 9.17) is 11.6 Å². The van der Waals surface area contributed by atoms with E-state index in [1.807, 2.05) is 12.1 Å². The summed E-state index contributed by atoms with van der Waals surface area (Å²) in [7, 11) is 2.08. The Bertz CT molecular complexity index is 572. The van der Waals surface area contributed by atoms with E-state index in [9.17, 15) is 0 Å². The van der Waals surface area contributed by atoms with Crippen LogP contribution in [-0.2, 0) is 12.4 Å². The Kier molecular flexibility index (Phi) is 5.31. The SMILES string of the molecule is CN(Cc1cccc(Br)c1)c1cc(Br)ccc1CCl. The average molecular weight is 404 g/mol.